The van der Waals surface area contributed by atoms with Crippen LogP contribution in [0.15, 0.2) is 188 Å². The number of para-hydroxylation sites is 1. The summed E-state index contributed by atoms with van der Waals surface area (Å²) in [6.07, 6.45) is 11.0. The number of nitrogens with zero attached hydrogens (tertiary/aromatic N) is 3. The fourth-order valence-corrected chi connectivity index (χ4v) is 10.1. The van der Waals surface area contributed by atoms with Crippen molar-refractivity contribution in [3.63, 3.8) is 0 Å². The van der Waals surface area contributed by atoms with E-state index in [0.717, 1.165) is 33.1 Å². The lowest BCUT2D eigenvalue weighted by Crippen LogP contribution is -2.28. The molecule has 8 aromatic carbocycles. The van der Waals surface area contributed by atoms with E-state index < -0.39 is 0 Å². The Balaban J connectivity index is 0.861. The number of anilines is 2. The zero-order valence-electron chi connectivity index (χ0n) is 32.4. The van der Waals surface area contributed by atoms with E-state index in [0.29, 0.717) is 5.92 Å². The van der Waals surface area contributed by atoms with E-state index in [1.807, 2.05) is 6.20 Å². The van der Waals surface area contributed by atoms with Gasteiger partial charge in [0.25, 0.3) is 0 Å². The van der Waals surface area contributed by atoms with E-state index >= 15 is 0 Å². The summed E-state index contributed by atoms with van der Waals surface area (Å²) in [4.78, 5) is 12.8. The molecule has 0 saturated heterocycles. The molecule has 2 atom stereocenters. The average molecular weight is 742 g/mol. The van der Waals surface area contributed by atoms with E-state index in [-0.39, 0.29) is 11.5 Å². The Hall–Kier alpha value is -7.10. The molecule has 3 heteroatoms. The molecule has 2 unspecified atom stereocenters. The Morgan fingerprint density at radius 3 is 1.76 bits per heavy atom. The third kappa shape index (κ3) is 4.86. The SMILES string of the molecule is CC1(C)c2cc(-c3ccc(-c4ccc5c(c4)C4C=CC=CC4N5c4ccccc4)cc3)ccc2-c2ccc(-c3cnc4c5ccccc5c5ccccc5c4n3)cc21. The third-order valence-corrected chi connectivity index (χ3v) is 13.0. The zero-order valence-corrected chi connectivity index (χ0v) is 32.4. The topological polar surface area (TPSA) is 29.0 Å². The van der Waals surface area contributed by atoms with E-state index in [9.17, 15) is 0 Å². The quantitative estimate of drug-likeness (QED) is 0.168. The zero-order chi connectivity index (χ0) is 38.5. The highest BCUT2D eigenvalue weighted by Gasteiger charge is 2.38. The number of benzene rings is 8. The Morgan fingerprint density at radius 1 is 0.500 bits per heavy atom. The summed E-state index contributed by atoms with van der Waals surface area (Å²) < 4.78 is 0. The Bertz CT molecular complexity index is 3170. The largest absolute Gasteiger partial charge is 0.333 e. The first-order valence-electron chi connectivity index (χ1n) is 20.3. The fraction of sp³-hybridized carbons (Fsp3) is 0.0909. The first kappa shape index (κ1) is 33.1. The van der Waals surface area contributed by atoms with E-state index in [1.165, 1.54) is 72.2 Å². The molecule has 0 fully saturated rings. The molecule has 1 aromatic heterocycles. The van der Waals surface area contributed by atoms with E-state index in [2.05, 4.69) is 201 Å². The average Bonchev–Trinajstić information content (AvgIpc) is 3.74. The van der Waals surface area contributed by atoms with Crippen molar-refractivity contribution in [2.24, 2.45) is 0 Å². The van der Waals surface area contributed by atoms with Gasteiger partial charge in [0.1, 0.15) is 0 Å². The maximum atomic E-state index is 5.31. The predicted octanol–water partition coefficient (Wildman–Crippen LogP) is 14.0. The molecule has 12 rings (SSSR count). The molecule has 0 amide bonds. The molecular formula is C55H39N3. The number of hydrogen-bond acceptors (Lipinski definition) is 3. The minimum absolute atomic E-state index is 0.178. The van der Waals surface area contributed by atoms with Crippen LogP contribution in [0.2, 0.25) is 0 Å². The Kier molecular flexibility index (Phi) is 7.10. The minimum Gasteiger partial charge on any atom is -0.333 e. The second-order valence-corrected chi connectivity index (χ2v) is 16.5. The highest BCUT2D eigenvalue weighted by molar-refractivity contribution is 6.23. The molecule has 2 heterocycles. The molecule has 2 aliphatic carbocycles. The second-order valence-electron chi connectivity index (χ2n) is 16.5. The maximum Gasteiger partial charge on any atom is 0.0979 e. The fourth-order valence-electron chi connectivity index (χ4n) is 10.1. The number of allylic oxidation sites excluding steroid dienone is 2. The van der Waals surface area contributed by atoms with Gasteiger partial charge in [0.2, 0.25) is 0 Å². The van der Waals surface area contributed by atoms with Crippen LogP contribution >= 0.6 is 0 Å². The first-order chi connectivity index (χ1) is 28.5. The predicted molar refractivity (Wildman–Crippen MR) is 242 cm³/mol. The molecule has 0 N–H and O–H groups in total. The van der Waals surface area contributed by atoms with Gasteiger partial charge in [0.05, 0.1) is 29.0 Å². The lowest BCUT2D eigenvalue weighted by atomic mass is 9.81. The summed E-state index contributed by atoms with van der Waals surface area (Å²) in [7, 11) is 0. The van der Waals surface area contributed by atoms with Crippen molar-refractivity contribution in [1.82, 2.24) is 9.97 Å². The van der Waals surface area contributed by atoms with Crippen LogP contribution in [0.1, 0.15) is 36.5 Å². The van der Waals surface area contributed by atoms with Crippen molar-refractivity contribution in [3.05, 3.63) is 205 Å². The van der Waals surface area contributed by atoms with Crippen molar-refractivity contribution in [2.45, 2.75) is 31.2 Å². The van der Waals surface area contributed by atoms with Crippen LogP contribution in [0.3, 0.4) is 0 Å². The number of rotatable bonds is 4. The van der Waals surface area contributed by atoms with Crippen molar-refractivity contribution in [2.75, 3.05) is 4.90 Å². The standard InChI is InChI=1S/C55H39N3/c1-55(2)48-31-37(35-22-20-34(21-23-35)36-26-29-52-47(30-36)44-16-10-11-19-51(44)58(52)39-12-4-3-5-13-39)24-27-42(48)43-28-25-38(32-49(43)55)50-33-56-53-45-17-8-6-14-40(45)41-15-7-9-18-46(41)54(53)57-50/h3-33,44,51H,1-2H3. The van der Waals surface area contributed by atoms with Gasteiger partial charge in [-0.1, -0.05) is 159 Å². The van der Waals surface area contributed by atoms with E-state index in [1.54, 1.807) is 0 Å². The highest BCUT2D eigenvalue weighted by atomic mass is 15.2. The van der Waals surface area contributed by atoms with Crippen LogP contribution in [0.25, 0.3) is 77.2 Å². The van der Waals surface area contributed by atoms with Gasteiger partial charge in [-0.3, -0.25) is 4.98 Å². The number of fused-ring (bicyclic) bond motifs is 12. The highest BCUT2D eigenvalue weighted by Crippen LogP contribution is 2.52. The van der Waals surface area contributed by atoms with Gasteiger partial charge in [-0.25, -0.2) is 4.98 Å². The van der Waals surface area contributed by atoms with Gasteiger partial charge in [-0.05, 0) is 97.2 Å². The van der Waals surface area contributed by atoms with Crippen molar-refractivity contribution in [3.8, 4) is 44.6 Å². The summed E-state index contributed by atoms with van der Waals surface area (Å²) in [6, 6.07) is 58.1. The van der Waals surface area contributed by atoms with Crippen LogP contribution < -0.4 is 4.90 Å². The summed E-state index contributed by atoms with van der Waals surface area (Å²) in [6.45, 7) is 4.71. The number of aromatic nitrogens is 2. The maximum absolute atomic E-state index is 5.31. The van der Waals surface area contributed by atoms with E-state index in [4.69, 9.17) is 9.97 Å². The van der Waals surface area contributed by atoms with Crippen molar-refractivity contribution in [1.29, 1.82) is 0 Å². The molecule has 0 saturated carbocycles. The normalized spacial score (nSPS) is 17.1. The second kappa shape index (κ2) is 12.4. The summed E-state index contributed by atoms with van der Waals surface area (Å²) in [5, 5.41) is 4.69. The van der Waals surface area contributed by atoms with Gasteiger partial charge in [0.15, 0.2) is 0 Å². The molecule has 0 spiro atoms. The van der Waals surface area contributed by atoms with Crippen LogP contribution in [-0.4, -0.2) is 16.0 Å². The van der Waals surface area contributed by atoms with Gasteiger partial charge in [0, 0.05) is 39.0 Å². The third-order valence-electron chi connectivity index (χ3n) is 13.0. The minimum atomic E-state index is -0.178. The lowest BCUT2D eigenvalue weighted by Gasteiger charge is -2.28. The van der Waals surface area contributed by atoms with Gasteiger partial charge < -0.3 is 4.90 Å². The molecule has 3 nitrogen and oxygen atoms in total. The van der Waals surface area contributed by atoms with Crippen LogP contribution in [0.4, 0.5) is 11.4 Å². The molecular weight excluding hydrogens is 703 g/mol. The first-order valence-corrected chi connectivity index (χ1v) is 20.3. The molecule has 3 aliphatic rings. The number of hydrogen-bond donors (Lipinski definition) is 0. The van der Waals surface area contributed by atoms with Crippen LogP contribution in [0.5, 0.6) is 0 Å². The molecule has 1 aliphatic heterocycles. The lowest BCUT2D eigenvalue weighted by molar-refractivity contribution is 0.661. The summed E-state index contributed by atoms with van der Waals surface area (Å²) in [5.41, 5.74) is 17.8. The molecule has 0 bridgehead atoms. The molecule has 9 aromatic rings. The Morgan fingerprint density at radius 2 is 1.05 bits per heavy atom. The monoisotopic (exact) mass is 741 g/mol. The molecule has 58 heavy (non-hydrogen) atoms. The van der Waals surface area contributed by atoms with Crippen LogP contribution in [0, 0.1) is 0 Å². The van der Waals surface area contributed by atoms with Crippen molar-refractivity contribution >= 4 is 44.0 Å². The molecule has 0 radical (unpaired) electrons. The summed E-state index contributed by atoms with van der Waals surface area (Å²) in [5.74, 6) is 0.330. The van der Waals surface area contributed by atoms with Gasteiger partial charge in [-0.2, -0.15) is 0 Å². The summed E-state index contributed by atoms with van der Waals surface area (Å²) >= 11 is 0. The Labute approximate surface area is 338 Å². The molecule has 274 valence electrons. The smallest absolute Gasteiger partial charge is 0.0979 e. The van der Waals surface area contributed by atoms with Crippen molar-refractivity contribution < 1.29 is 0 Å². The van der Waals surface area contributed by atoms with Gasteiger partial charge in [-0.15, -0.1) is 0 Å². The van der Waals surface area contributed by atoms with Crippen LogP contribution in [-0.2, 0) is 5.41 Å². The van der Waals surface area contributed by atoms with Gasteiger partial charge >= 0.3 is 0 Å².